The van der Waals surface area contributed by atoms with E-state index in [4.69, 9.17) is 10.5 Å². The lowest BCUT2D eigenvalue weighted by molar-refractivity contribution is 0.0615. The van der Waals surface area contributed by atoms with Gasteiger partial charge in [0.1, 0.15) is 5.52 Å². The number of thiazole rings is 1. The molecule has 0 aliphatic heterocycles. The molecule has 0 saturated heterocycles. The first-order chi connectivity index (χ1) is 8.72. The predicted octanol–water partition coefficient (Wildman–Crippen LogP) is 1.69. The summed E-state index contributed by atoms with van der Waals surface area (Å²) in [5.74, 6) is 0. The minimum Gasteiger partial charge on any atom is -0.395 e. The van der Waals surface area contributed by atoms with Crippen LogP contribution in [-0.2, 0) is 4.74 Å². The topological polar surface area (TPSA) is 80.4 Å². The molecule has 0 spiro atoms. The molecule has 6 heteroatoms. The van der Waals surface area contributed by atoms with Gasteiger partial charge in [0.05, 0.1) is 34.3 Å². The SMILES string of the molecule is COCC(O)CCNc1ccc2scnc2c1N. The first kappa shape index (κ1) is 13.1. The van der Waals surface area contributed by atoms with Crippen LogP contribution in [0.25, 0.3) is 10.2 Å². The van der Waals surface area contributed by atoms with Crippen LogP contribution in [0.3, 0.4) is 0 Å². The average molecular weight is 267 g/mol. The number of nitrogens with zero attached hydrogens (tertiary/aromatic N) is 1. The number of rotatable bonds is 6. The third kappa shape index (κ3) is 2.90. The smallest absolute Gasteiger partial charge is 0.106 e. The zero-order valence-electron chi connectivity index (χ0n) is 10.2. The van der Waals surface area contributed by atoms with Crippen molar-refractivity contribution in [3.05, 3.63) is 17.6 Å². The summed E-state index contributed by atoms with van der Waals surface area (Å²) in [6, 6.07) is 3.94. The van der Waals surface area contributed by atoms with Gasteiger partial charge in [0, 0.05) is 13.7 Å². The summed E-state index contributed by atoms with van der Waals surface area (Å²) >= 11 is 1.57. The molecule has 5 nitrogen and oxygen atoms in total. The number of methoxy groups -OCH3 is 1. The molecular formula is C12H17N3O2S. The third-order valence-corrected chi connectivity index (χ3v) is 3.49. The number of anilines is 2. The lowest BCUT2D eigenvalue weighted by atomic mass is 10.2. The van der Waals surface area contributed by atoms with Crippen LogP contribution in [-0.4, -0.2) is 36.5 Å². The quantitative estimate of drug-likeness (QED) is 0.694. The van der Waals surface area contributed by atoms with E-state index in [0.717, 1.165) is 15.9 Å². The van der Waals surface area contributed by atoms with E-state index in [-0.39, 0.29) is 0 Å². The Morgan fingerprint density at radius 1 is 1.56 bits per heavy atom. The van der Waals surface area contributed by atoms with E-state index >= 15 is 0 Å². The molecule has 0 aliphatic carbocycles. The molecule has 0 amide bonds. The molecule has 98 valence electrons. The van der Waals surface area contributed by atoms with Crippen LogP contribution in [0.1, 0.15) is 6.42 Å². The summed E-state index contributed by atoms with van der Waals surface area (Å²) in [5, 5.41) is 12.7. The molecule has 1 aromatic heterocycles. The maximum absolute atomic E-state index is 9.53. The van der Waals surface area contributed by atoms with Crippen molar-refractivity contribution < 1.29 is 9.84 Å². The Hall–Kier alpha value is -1.37. The van der Waals surface area contributed by atoms with Crippen LogP contribution in [0.4, 0.5) is 11.4 Å². The first-order valence-corrected chi connectivity index (χ1v) is 6.63. The maximum atomic E-state index is 9.53. The number of nitrogens with two attached hydrogens (primary N) is 1. The van der Waals surface area contributed by atoms with Crippen molar-refractivity contribution in [2.75, 3.05) is 31.3 Å². The largest absolute Gasteiger partial charge is 0.395 e. The van der Waals surface area contributed by atoms with E-state index in [9.17, 15) is 5.11 Å². The molecule has 1 aromatic carbocycles. The van der Waals surface area contributed by atoms with Crippen LogP contribution in [0.15, 0.2) is 17.6 Å². The van der Waals surface area contributed by atoms with Gasteiger partial charge in [0.25, 0.3) is 0 Å². The lowest BCUT2D eigenvalue weighted by Crippen LogP contribution is -2.18. The minimum atomic E-state index is -0.452. The number of benzene rings is 1. The number of aromatic nitrogens is 1. The first-order valence-electron chi connectivity index (χ1n) is 5.75. The molecule has 0 saturated carbocycles. The second kappa shape index (κ2) is 5.99. The van der Waals surface area contributed by atoms with Crippen LogP contribution in [0, 0.1) is 0 Å². The van der Waals surface area contributed by atoms with Crippen LogP contribution in [0.5, 0.6) is 0 Å². The van der Waals surface area contributed by atoms with Crippen LogP contribution < -0.4 is 11.1 Å². The third-order valence-electron chi connectivity index (χ3n) is 2.69. The second-order valence-electron chi connectivity index (χ2n) is 4.05. The Bertz CT molecular complexity index is 515. The van der Waals surface area contributed by atoms with Crippen molar-refractivity contribution in [2.24, 2.45) is 0 Å². The van der Waals surface area contributed by atoms with Crippen molar-refractivity contribution in [1.82, 2.24) is 4.98 Å². The Balaban J connectivity index is 1.97. The molecule has 2 rings (SSSR count). The molecule has 0 fully saturated rings. The van der Waals surface area contributed by atoms with E-state index < -0.39 is 6.10 Å². The zero-order chi connectivity index (χ0) is 13.0. The van der Waals surface area contributed by atoms with Gasteiger partial charge >= 0.3 is 0 Å². The summed E-state index contributed by atoms with van der Waals surface area (Å²) < 4.78 is 5.95. The van der Waals surface area contributed by atoms with Gasteiger partial charge in [0.15, 0.2) is 0 Å². The van der Waals surface area contributed by atoms with Gasteiger partial charge in [-0.2, -0.15) is 0 Å². The van der Waals surface area contributed by atoms with Crippen molar-refractivity contribution >= 4 is 32.9 Å². The van der Waals surface area contributed by atoms with Crippen molar-refractivity contribution in [2.45, 2.75) is 12.5 Å². The van der Waals surface area contributed by atoms with E-state index in [0.29, 0.717) is 25.3 Å². The number of hydrogen-bond donors (Lipinski definition) is 3. The number of fused-ring (bicyclic) bond motifs is 1. The fourth-order valence-electron chi connectivity index (χ4n) is 1.76. The molecule has 0 bridgehead atoms. The summed E-state index contributed by atoms with van der Waals surface area (Å²) in [5.41, 5.74) is 10.2. The standard InChI is InChI=1S/C12H17N3O2S/c1-17-6-8(16)4-5-14-9-2-3-10-12(11(9)13)15-7-18-10/h2-3,7-8,14,16H,4-6,13H2,1H3. The summed E-state index contributed by atoms with van der Waals surface area (Å²) in [6.07, 6.45) is 0.161. The van der Waals surface area contributed by atoms with E-state index in [1.807, 2.05) is 12.1 Å². The van der Waals surface area contributed by atoms with Gasteiger partial charge in [-0.15, -0.1) is 11.3 Å². The zero-order valence-corrected chi connectivity index (χ0v) is 11.0. The molecule has 2 aromatic rings. The van der Waals surface area contributed by atoms with Crippen molar-refractivity contribution in [3.8, 4) is 0 Å². The molecule has 1 atom stereocenters. The van der Waals surface area contributed by atoms with Gasteiger partial charge in [-0.05, 0) is 18.6 Å². The highest BCUT2D eigenvalue weighted by Crippen LogP contribution is 2.29. The van der Waals surface area contributed by atoms with Gasteiger partial charge in [0.2, 0.25) is 0 Å². The van der Waals surface area contributed by atoms with Gasteiger partial charge in [-0.25, -0.2) is 4.98 Å². The Morgan fingerprint density at radius 3 is 3.17 bits per heavy atom. The number of aliphatic hydroxyl groups is 1. The highest BCUT2D eigenvalue weighted by Gasteiger charge is 2.07. The van der Waals surface area contributed by atoms with Crippen molar-refractivity contribution in [3.63, 3.8) is 0 Å². The van der Waals surface area contributed by atoms with E-state index in [1.165, 1.54) is 0 Å². The van der Waals surface area contributed by atoms with E-state index in [2.05, 4.69) is 10.3 Å². The molecule has 4 N–H and O–H groups in total. The summed E-state index contributed by atoms with van der Waals surface area (Å²) in [6.45, 7) is 0.993. The van der Waals surface area contributed by atoms with Crippen LogP contribution in [0.2, 0.25) is 0 Å². The Kier molecular flexibility index (Phi) is 4.35. The highest BCUT2D eigenvalue weighted by atomic mass is 32.1. The number of nitrogen functional groups attached to an aromatic ring is 1. The van der Waals surface area contributed by atoms with Gasteiger partial charge in [-0.3, -0.25) is 0 Å². The minimum absolute atomic E-state index is 0.349. The number of hydrogen-bond acceptors (Lipinski definition) is 6. The number of aliphatic hydroxyl groups excluding tert-OH is 1. The predicted molar refractivity (Wildman–Crippen MR) is 75.0 cm³/mol. The monoisotopic (exact) mass is 267 g/mol. The summed E-state index contributed by atoms with van der Waals surface area (Å²) in [7, 11) is 1.57. The molecule has 1 heterocycles. The maximum Gasteiger partial charge on any atom is 0.106 e. The van der Waals surface area contributed by atoms with Gasteiger partial charge in [-0.1, -0.05) is 0 Å². The van der Waals surface area contributed by atoms with Crippen molar-refractivity contribution in [1.29, 1.82) is 0 Å². The molecule has 0 aliphatic rings. The van der Waals surface area contributed by atoms with Gasteiger partial charge < -0.3 is 20.9 Å². The van der Waals surface area contributed by atoms with E-state index in [1.54, 1.807) is 24.0 Å². The molecule has 18 heavy (non-hydrogen) atoms. The fraction of sp³-hybridized carbons (Fsp3) is 0.417. The lowest BCUT2D eigenvalue weighted by Gasteiger charge is -2.12. The molecular weight excluding hydrogens is 250 g/mol. The normalized spacial score (nSPS) is 12.8. The fourth-order valence-corrected chi connectivity index (χ4v) is 2.45. The Labute approximate surface area is 110 Å². The summed E-state index contributed by atoms with van der Waals surface area (Å²) in [4.78, 5) is 4.24. The highest BCUT2D eigenvalue weighted by molar-refractivity contribution is 7.16. The van der Waals surface area contributed by atoms with Crippen LogP contribution >= 0.6 is 11.3 Å². The molecule has 1 unspecified atom stereocenters. The number of nitrogens with one attached hydrogen (secondary N) is 1. The average Bonchev–Trinajstić information content (AvgIpc) is 2.81. The Morgan fingerprint density at radius 2 is 2.39 bits per heavy atom. The second-order valence-corrected chi connectivity index (χ2v) is 4.94. The molecule has 0 radical (unpaired) electrons. The number of ether oxygens (including phenoxy) is 1.